The second kappa shape index (κ2) is 8.09. The van der Waals surface area contributed by atoms with Crippen LogP contribution >= 0.6 is 0 Å². The van der Waals surface area contributed by atoms with E-state index < -0.39 is 35.5 Å². The largest absolute Gasteiger partial charge is 0.458 e. The minimum absolute atomic E-state index is 0.00991. The molecule has 1 heterocycles. The fourth-order valence-corrected chi connectivity index (χ4v) is 2.38. The number of hydrogen-bond acceptors (Lipinski definition) is 6. The molecule has 0 N–H and O–H groups in total. The first-order valence-corrected chi connectivity index (χ1v) is 8.07. The Morgan fingerprint density at radius 3 is 2.57 bits per heavy atom. The molecule has 1 aliphatic rings. The molecule has 0 saturated carbocycles. The van der Waals surface area contributed by atoms with E-state index in [1.165, 1.54) is 0 Å². The Hall–Kier alpha value is -1.90. The first kappa shape index (κ1) is 19.1. The lowest BCUT2D eigenvalue weighted by molar-refractivity contribution is -0.155. The summed E-state index contributed by atoms with van der Waals surface area (Å²) in [6.07, 6.45) is -0.203. The quantitative estimate of drug-likeness (QED) is 0.637. The molecule has 1 saturated heterocycles. The first-order chi connectivity index (χ1) is 10.7. The van der Waals surface area contributed by atoms with Gasteiger partial charge in [-0.25, -0.2) is 0 Å². The third-order valence-electron chi connectivity index (χ3n) is 4.48. The molecule has 0 aromatic carbocycles. The van der Waals surface area contributed by atoms with Gasteiger partial charge in [0.1, 0.15) is 5.78 Å². The number of carbonyl (C=O) groups is 3. The van der Waals surface area contributed by atoms with Crippen molar-refractivity contribution in [2.45, 2.75) is 72.0 Å². The predicted molar refractivity (Wildman–Crippen MR) is 82.1 cm³/mol. The zero-order valence-electron chi connectivity index (χ0n) is 14.3. The number of nitrogens with zero attached hydrogens (tertiary/aromatic N) is 1. The van der Waals surface area contributed by atoms with E-state index in [2.05, 4.69) is 6.07 Å². The third-order valence-corrected chi connectivity index (χ3v) is 4.48. The minimum Gasteiger partial charge on any atom is -0.458 e. The fraction of sp³-hybridized carbons (Fsp3) is 0.765. The van der Waals surface area contributed by atoms with Crippen LogP contribution in [0.2, 0.25) is 0 Å². The monoisotopic (exact) mass is 323 g/mol. The highest BCUT2D eigenvalue weighted by molar-refractivity contribution is 5.87. The third kappa shape index (κ3) is 5.05. The molecule has 128 valence electrons. The summed E-state index contributed by atoms with van der Waals surface area (Å²) in [5.74, 6) is -1.49. The molecule has 1 rings (SSSR count). The number of Topliss-reactive ketones (excluding diaryl/α,β-unsaturated/α-hetero) is 1. The van der Waals surface area contributed by atoms with Crippen molar-refractivity contribution in [1.29, 1.82) is 5.26 Å². The Morgan fingerprint density at radius 1 is 1.39 bits per heavy atom. The van der Waals surface area contributed by atoms with Crippen LogP contribution in [0.4, 0.5) is 0 Å². The second-order valence-corrected chi connectivity index (χ2v) is 6.49. The van der Waals surface area contributed by atoms with Crippen molar-refractivity contribution in [3.05, 3.63) is 0 Å². The van der Waals surface area contributed by atoms with Gasteiger partial charge in [0.05, 0.1) is 24.8 Å². The van der Waals surface area contributed by atoms with Crippen LogP contribution in [0.25, 0.3) is 0 Å². The Kier molecular flexibility index (Phi) is 6.74. The number of nitriles is 1. The maximum absolute atomic E-state index is 12.0. The van der Waals surface area contributed by atoms with Gasteiger partial charge in [0.15, 0.2) is 12.2 Å². The number of ether oxygens (including phenoxy) is 2. The molecule has 0 spiro atoms. The normalized spacial score (nSPS) is 22.1. The molecule has 0 bridgehead atoms. The lowest BCUT2D eigenvalue weighted by Gasteiger charge is -2.22. The maximum Gasteiger partial charge on any atom is 0.310 e. The standard InChI is InChI=1S/C17H25NO5/c1-5-11(10-18)16-12(9-15(21)23-16)22-14(20)8-7-13(19)17(3,4)6-2/h11-12,16H,5-9H2,1-4H3. The Morgan fingerprint density at radius 2 is 2.04 bits per heavy atom. The summed E-state index contributed by atoms with van der Waals surface area (Å²) in [6, 6.07) is 2.07. The average Bonchev–Trinajstić information content (AvgIpc) is 2.86. The summed E-state index contributed by atoms with van der Waals surface area (Å²) >= 11 is 0. The van der Waals surface area contributed by atoms with Crippen LogP contribution in [0, 0.1) is 22.7 Å². The van der Waals surface area contributed by atoms with Gasteiger partial charge in [-0.3, -0.25) is 14.4 Å². The second-order valence-electron chi connectivity index (χ2n) is 6.49. The van der Waals surface area contributed by atoms with Crippen molar-refractivity contribution in [3.8, 4) is 6.07 Å². The maximum atomic E-state index is 12.0. The number of hydrogen-bond donors (Lipinski definition) is 0. The van der Waals surface area contributed by atoms with E-state index in [9.17, 15) is 14.4 Å². The molecule has 0 radical (unpaired) electrons. The molecule has 1 fully saturated rings. The van der Waals surface area contributed by atoms with Crippen molar-refractivity contribution < 1.29 is 23.9 Å². The lowest BCUT2D eigenvalue weighted by Crippen LogP contribution is -2.33. The highest BCUT2D eigenvalue weighted by Gasteiger charge is 2.42. The van der Waals surface area contributed by atoms with Crippen molar-refractivity contribution >= 4 is 17.7 Å². The fourth-order valence-electron chi connectivity index (χ4n) is 2.38. The molecular formula is C17H25NO5. The van der Waals surface area contributed by atoms with Gasteiger partial charge in [0.25, 0.3) is 0 Å². The van der Waals surface area contributed by atoms with Gasteiger partial charge in [-0.15, -0.1) is 0 Å². The van der Waals surface area contributed by atoms with Crippen LogP contribution in [-0.4, -0.2) is 29.9 Å². The van der Waals surface area contributed by atoms with E-state index in [4.69, 9.17) is 14.7 Å². The van der Waals surface area contributed by atoms with Crippen LogP contribution in [0.1, 0.15) is 59.8 Å². The van der Waals surface area contributed by atoms with Gasteiger partial charge in [-0.05, 0) is 12.8 Å². The van der Waals surface area contributed by atoms with E-state index in [0.717, 1.165) is 0 Å². The Bertz CT molecular complexity index is 506. The molecule has 0 amide bonds. The van der Waals surface area contributed by atoms with Gasteiger partial charge in [-0.1, -0.05) is 27.7 Å². The Balaban J connectivity index is 2.57. The molecule has 6 nitrogen and oxygen atoms in total. The number of carbonyl (C=O) groups excluding carboxylic acids is 3. The van der Waals surface area contributed by atoms with Crippen LogP contribution in [0.3, 0.4) is 0 Å². The highest BCUT2D eigenvalue weighted by Crippen LogP contribution is 2.27. The van der Waals surface area contributed by atoms with E-state index in [1.807, 2.05) is 27.7 Å². The van der Waals surface area contributed by atoms with E-state index in [0.29, 0.717) is 12.8 Å². The number of rotatable bonds is 8. The van der Waals surface area contributed by atoms with Gasteiger partial charge >= 0.3 is 11.9 Å². The summed E-state index contributed by atoms with van der Waals surface area (Å²) in [5, 5.41) is 9.09. The molecule has 0 aliphatic carbocycles. The number of ketones is 1. The summed E-state index contributed by atoms with van der Waals surface area (Å²) in [7, 11) is 0. The van der Waals surface area contributed by atoms with Gasteiger partial charge in [0, 0.05) is 11.8 Å². The van der Waals surface area contributed by atoms with E-state index in [1.54, 1.807) is 0 Å². The summed E-state index contributed by atoms with van der Waals surface area (Å²) in [6.45, 7) is 7.43. The Labute approximate surface area is 137 Å². The van der Waals surface area contributed by atoms with Crippen LogP contribution in [0.15, 0.2) is 0 Å². The number of cyclic esters (lactones) is 1. The molecule has 0 aromatic rings. The molecule has 0 aromatic heterocycles. The minimum atomic E-state index is -0.742. The molecule has 3 unspecified atom stereocenters. The predicted octanol–water partition coefficient (Wildman–Crippen LogP) is 2.55. The van der Waals surface area contributed by atoms with E-state index >= 15 is 0 Å². The zero-order valence-corrected chi connectivity index (χ0v) is 14.3. The summed E-state index contributed by atoms with van der Waals surface area (Å²) < 4.78 is 10.4. The molecular weight excluding hydrogens is 298 g/mol. The van der Waals surface area contributed by atoms with Gasteiger partial charge < -0.3 is 9.47 Å². The van der Waals surface area contributed by atoms with Crippen molar-refractivity contribution in [1.82, 2.24) is 0 Å². The molecule has 1 aliphatic heterocycles. The van der Waals surface area contributed by atoms with Crippen molar-refractivity contribution in [2.75, 3.05) is 0 Å². The highest BCUT2D eigenvalue weighted by atomic mass is 16.6. The molecule has 6 heteroatoms. The zero-order chi connectivity index (χ0) is 17.6. The van der Waals surface area contributed by atoms with Crippen LogP contribution in [-0.2, 0) is 23.9 Å². The van der Waals surface area contributed by atoms with Crippen LogP contribution in [0.5, 0.6) is 0 Å². The summed E-state index contributed by atoms with van der Waals surface area (Å²) in [5.41, 5.74) is -0.455. The molecule has 3 atom stereocenters. The lowest BCUT2D eigenvalue weighted by atomic mass is 9.83. The molecule has 23 heavy (non-hydrogen) atoms. The van der Waals surface area contributed by atoms with Crippen LogP contribution < -0.4 is 0 Å². The summed E-state index contributed by atoms with van der Waals surface area (Å²) in [4.78, 5) is 35.4. The topological polar surface area (TPSA) is 93.5 Å². The van der Waals surface area contributed by atoms with Crippen molar-refractivity contribution in [3.63, 3.8) is 0 Å². The van der Waals surface area contributed by atoms with Gasteiger partial charge in [0.2, 0.25) is 0 Å². The smallest absolute Gasteiger partial charge is 0.310 e. The van der Waals surface area contributed by atoms with Crippen molar-refractivity contribution in [2.24, 2.45) is 11.3 Å². The SMILES string of the molecule is CCC(C#N)C1OC(=O)CC1OC(=O)CCC(=O)C(C)(C)CC. The van der Waals surface area contributed by atoms with Gasteiger partial charge in [-0.2, -0.15) is 5.26 Å². The average molecular weight is 323 g/mol. The first-order valence-electron chi connectivity index (χ1n) is 8.07. The number of esters is 2. The van der Waals surface area contributed by atoms with E-state index in [-0.39, 0.29) is 25.0 Å².